The zero-order chi connectivity index (χ0) is 23.7. The van der Waals surface area contributed by atoms with Crippen molar-refractivity contribution in [1.29, 1.82) is 0 Å². The van der Waals surface area contributed by atoms with E-state index in [4.69, 9.17) is 15.6 Å². The number of anilines is 1. The summed E-state index contributed by atoms with van der Waals surface area (Å²) < 4.78 is 72.8. The van der Waals surface area contributed by atoms with Crippen molar-refractivity contribution in [2.45, 2.75) is 44.6 Å². The number of nitrogens with one attached hydrogen (secondary N) is 1. The van der Waals surface area contributed by atoms with Gasteiger partial charge in [-0.3, -0.25) is 4.79 Å². The number of carbonyl (C=O) groups excluding carboxylic acids is 2. The Hall–Kier alpha value is -2.83. The van der Waals surface area contributed by atoms with Gasteiger partial charge < -0.3 is 20.9 Å². The SMILES string of the molecule is CCc1ccc(C(=O)OC)cc1NC(=O)C(N)CCC(F)(F)F.O=C(O)C(F)(F)F. The zero-order valence-electron chi connectivity index (χ0n) is 15.9. The lowest BCUT2D eigenvalue weighted by atomic mass is 10.1. The van der Waals surface area contributed by atoms with Gasteiger partial charge in [0.05, 0.1) is 18.7 Å². The third kappa shape index (κ3) is 10.1. The van der Waals surface area contributed by atoms with Gasteiger partial charge in [0.1, 0.15) is 0 Å². The van der Waals surface area contributed by atoms with E-state index in [2.05, 4.69) is 10.1 Å². The molecular weight excluding hydrogens is 426 g/mol. The lowest BCUT2D eigenvalue weighted by molar-refractivity contribution is -0.192. The van der Waals surface area contributed by atoms with E-state index in [1.54, 1.807) is 12.1 Å². The number of hydrogen-bond donors (Lipinski definition) is 3. The van der Waals surface area contributed by atoms with Crippen molar-refractivity contribution >= 4 is 23.5 Å². The topological polar surface area (TPSA) is 119 Å². The third-order valence-electron chi connectivity index (χ3n) is 3.49. The maximum absolute atomic E-state index is 12.2. The Labute approximate surface area is 167 Å². The molecule has 0 saturated heterocycles. The molecule has 0 aliphatic heterocycles. The molecule has 0 bridgehead atoms. The summed E-state index contributed by atoms with van der Waals surface area (Å²) in [4.78, 5) is 32.3. The van der Waals surface area contributed by atoms with E-state index in [1.807, 2.05) is 6.92 Å². The summed E-state index contributed by atoms with van der Waals surface area (Å²) in [7, 11) is 1.22. The van der Waals surface area contributed by atoms with Crippen molar-refractivity contribution < 1.29 is 50.6 Å². The van der Waals surface area contributed by atoms with Gasteiger partial charge in [0.2, 0.25) is 5.91 Å². The fourth-order valence-corrected chi connectivity index (χ4v) is 1.92. The average Bonchev–Trinajstić information content (AvgIpc) is 2.64. The van der Waals surface area contributed by atoms with Crippen molar-refractivity contribution in [3.8, 4) is 0 Å². The number of carboxylic acids is 1. The van der Waals surface area contributed by atoms with Gasteiger partial charge in [-0.25, -0.2) is 9.59 Å². The van der Waals surface area contributed by atoms with E-state index < -0.39 is 49.1 Å². The Morgan fingerprint density at radius 1 is 1.17 bits per heavy atom. The lowest BCUT2D eigenvalue weighted by Gasteiger charge is -2.16. The number of aliphatic carboxylic acids is 1. The molecule has 1 aromatic rings. The first kappa shape index (κ1) is 27.2. The molecule has 13 heteroatoms. The summed E-state index contributed by atoms with van der Waals surface area (Å²) in [5.41, 5.74) is 6.78. The van der Waals surface area contributed by atoms with Crippen LogP contribution in [0.4, 0.5) is 32.0 Å². The standard InChI is InChI=1S/C15H19F3N2O3.C2HF3O2/c1-3-9-4-5-10(14(22)23-2)8-12(9)20-13(21)11(19)6-7-15(16,17)18;3-2(4,5)1(6)7/h4-5,8,11H,3,6-7,19H2,1-2H3,(H,20,21);(H,6,7). The van der Waals surface area contributed by atoms with Crippen molar-refractivity contribution in [3.63, 3.8) is 0 Å². The van der Waals surface area contributed by atoms with Crippen molar-refractivity contribution in [1.82, 2.24) is 0 Å². The number of aryl methyl sites for hydroxylation is 1. The molecule has 0 aliphatic carbocycles. The minimum Gasteiger partial charge on any atom is -0.475 e. The molecular formula is C17H20F6N2O5. The highest BCUT2D eigenvalue weighted by atomic mass is 19.4. The normalized spacial score (nSPS) is 12.3. The van der Waals surface area contributed by atoms with Gasteiger partial charge in [0.15, 0.2) is 0 Å². The second kappa shape index (κ2) is 11.4. The number of esters is 1. The number of hydrogen-bond acceptors (Lipinski definition) is 5. The number of amides is 1. The first-order valence-electron chi connectivity index (χ1n) is 8.26. The van der Waals surface area contributed by atoms with Gasteiger partial charge in [-0.15, -0.1) is 0 Å². The molecule has 0 radical (unpaired) electrons. The Morgan fingerprint density at radius 3 is 2.10 bits per heavy atom. The fraction of sp³-hybridized carbons (Fsp3) is 0.471. The highest BCUT2D eigenvalue weighted by Gasteiger charge is 2.38. The Kier molecular flexibility index (Phi) is 10.3. The molecule has 1 aromatic carbocycles. The third-order valence-corrected chi connectivity index (χ3v) is 3.49. The quantitative estimate of drug-likeness (QED) is 0.456. The molecule has 4 N–H and O–H groups in total. The predicted octanol–water partition coefficient (Wildman–Crippen LogP) is 3.28. The maximum atomic E-state index is 12.2. The molecule has 0 heterocycles. The summed E-state index contributed by atoms with van der Waals surface area (Å²) >= 11 is 0. The van der Waals surface area contributed by atoms with Crippen LogP contribution < -0.4 is 11.1 Å². The van der Waals surface area contributed by atoms with E-state index in [0.717, 1.165) is 5.56 Å². The van der Waals surface area contributed by atoms with E-state index in [0.29, 0.717) is 12.1 Å². The molecule has 1 atom stereocenters. The zero-order valence-corrected chi connectivity index (χ0v) is 15.9. The number of rotatable bonds is 6. The second-order valence-electron chi connectivity index (χ2n) is 5.77. The lowest BCUT2D eigenvalue weighted by Crippen LogP contribution is -2.36. The van der Waals surface area contributed by atoms with Crippen LogP contribution in [0.25, 0.3) is 0 Å². The summed E-state index contributed by atoms with van der Waals surface area (Å²) in [6.07, 6.45) is -10.5. The van der Waals surface area contributed by atoms with Gasteiger partial charge in [0.25, 0.3) is 0 Å². The fourth-order valence-electron chi connectivity index (χ4n) is 1.92. The van der Waals surface area contributed by atoms with Crippen LogP contribution in [0, 0.1) is 0 Å². The monoisotopic (exact) mass is 446 g/mol. The number of alkyl halides is 6. The van der Waals surface area contributed by atoms with Crippen LogP contribution in [0.5, 0.6) is 0 Å². The van der Waals surface area contributed by atoms with Crippen molar-refractivity contribution in [2.75, 3.05) is 12.4 Å². The van der Waals surface area contributed by atoms with Gasteiger partial charge in [-0.05, 0) is 30.5 Å². The predicted molar refractivity (Wildman–Crippen MR) is 92.7 cm³/mol. The van der Waals surface area contributed by atoms with Crippen LogP contribution in [0.1, 0.15) is 35.7 Å². The van der Waals surface area contributed by atoms with Gasteiger partial charge in [-0.1, -0.05) is 13.0 Å². The van der Waals surface area contributed by atoms with Crippen molar-refractivity contribution in [2.24, 2.45) is 5.73 Å². The molecule has 0 spiro atoms. The highest BCUT2D eigenvalue weighted by molar-refractivity contribution is 5.97. The molecule has 7 nitrogen and oxygen atoms in total. The van der Waals surface area contributed by atoms with Gasteiger partial charge in [0, 0.05) is 12.1 Å². The number of carboxylic acid groups (broad SMARTS) is 1. The summed E-state index contributed by atoms with van der Waals surface area (Å²) in [6.45, 7) is 1.84. The minimum atomic E-state index is -5.08. The van der Waals surface area contributed by atoms with Crippen LogP contribution in [-0.2, 0) is 20.7 Å². The molecule has 1 amide bonds. The number of methoxy groups -OCH3 is 1. The molecule has 1 rings (SSSR count). The smallest absolute Gasteiger partial charge is 0.475 e. The Morgan fingerprint density at radius 2 is 1.70 bits per heavy atom. The number of halogens is 6. The van der Waals surface area contributed by atoms with Gasteiger partial charge in [-0.2, -0.15) is 26.3 Å². The maximum Gasteiger partial charge on any atom is 0.490 e. The van der Waals surface area contributed by atoms with Crippen LogP contribution >= 0.6 is 0 Å². The number of nitrogens with two attached hydrogens (primary N) is 1. The molecule has 170 valence electrons. The number of benzene rings is 1. The Balaban J connectivity index is 0.00000103. The number of ether oxygens (including phenoxy) is 1. The van der Waals surface area contributed by atoms with E-state index in [1.165, 1.54) is 13.2 Å². The molecule has 30 heavy (non-hydrogen) atoms. The molecule has 0 fully saturated rings. The minimum absolute atomic E-state index is 0.226. The van der Waals surface area contributed by atoms with Crippen LogP contribution in [-0.4, -0.2) is 48.5 Å². The van der Waals surface area contributed by atoms with E-state index in [9.17, 15) is 35.9 Å². The van der Waals surface area contributed by atoms with E-state index >= 15 is 0 Å². The van der Waals surface area contributed by atoms with E-state index in [-0.39, 0.29) is 5.56 Å². The Bertz CT molecular complexity index is 749. The van der Waals surface area contributed by atoms with Crippen molar-refractivity contribution in [3.05, 3.63) is 29.3 Å². The molecule has 0 saturated carbocycles. The highest BCUT2D eigenvalue weighted by Crippen LogP contribution is 2.23. The second-order valence-corrected chi connectivity index (χ2v) is 5.77. The number of carbonyl (C=O) groups is 3. The molecule has 0 aliphatic rings. The molecule has 0 aromatic heterocycles. The van der Waals surface area contributed by atoms with Crippen LogP contribution in [0.15, 0.2) is 18.2 Å². The summed E-state index contributed by atoms with van der Waals surface area (Å²) in [5, 5.41) is 9.60. The van der Waals surface area contributed by atoms with Gasteiger partial charge >= 0.3 is 24.3 Å². The molecule has 1 unspecified atom stereocenters. The first-order chi connectivity index (χ1) is 13.6. The average molecular weight is 446 g/mol. The first-order valence-corrected chi connectivity index (χ1v) is 8.26. The van der Waals surface area contributed by atoms with Crippen LogP contribution in [0.2, 0.25) is 0 Å². The largest absolute Gasteiger partial charge is 0.490 e. The summed E-state index contributed by atoms with van der Waals surface area (Å²) in [5.74, 6) is -4.07. The summed E-state index contributed by atoms with van der Waals surface area (Å²) in [6, 6.07) is 3.31. The van der Waals surface area contributed by atoms with Crippen LogP contribution in [0.3, 0.4) is 0 Å².